The first-order valence-electron chi connectivity index (χ1n) is 4.65. The van der Waals surface area contributed by atoms with Crippen LogP contribution < -0.4 is 10.6 Å². The second-order valence-corrected chi connectivity index (χ2v) is 3.74. The Hall–Kier alpha value is -1.27. The highest BCUT2D eigenvalue weighted by Crippen LogP contribution is 2.33. The predicted molar refractivity (Wildman–Crippen MR) is 59.0 cm³/mol. The highest BCUT2D eigenvalue weighted by molar-refractivity contribution is 6.31. The van der Waals surface area contributed by atoms with Crippen molar-refractivity contribution in [2.45, 2.75) is 6.18 Å². The third-order valence-corrected chi connectivity index (χ3v) is 2.06. The predicted octanol–water partition coefficient (Wildman–Crippen LogP) is 2.52. The fraction of sp³-hybridized carbons (Fsp3) is 0.300. The summed E-state index contributed by atoms with van der Waals surface area (Å²) >= 11 is 5.55. The van der Waals surface area contributed by atoms with Gasteiger partial charge in [0.15, 0.2) is 0 Å². The zero-order chi connectivity index (χ0) is 13.1. The van der Waals surface area contributed by atoms with Crippen LogP contribution in [0.5, 0.6) is 0 Å². The van der Waals surface area contributed by atoms with Gasteiger partial charge in [0.2, 0.25) is 5.91 Å². The molecule has 0 spiro atoms. The number of benzene rings is 1. The van der Waals surface area contributed by atoms with Crippen molar-refractivity contribution in [3.63, 3.8) is 0 Å². The molecule has 0 aliphatic rings. The van der Waals surface area contributed by atoms with Gasteiger partial charge in [0.25, 0.3) is 0 Å². The molecule has 1 amide bonds. The molecule has 0 atom stereocenters. The molecule has 1 aromatic carbocycles. The molecule has 2 N–H and O–H groups in total. The Balaban J connectivity index is 2.94. The summed E-state index contributed by atoms with van der Waals surface area (Å²) in [5, 5.41) is 4.81. The molecule has 0 aliphatic carbocycles. The standard InChI is InChI=1S/C10H10ClF3N2O/c1-15-5-9(17)16-8-3-6(10(12,13)14)2-7(11)4-8/h2-4,15H,5H2,1H3,(H,16,17). The van der Waals surface area contributed by atoms with E-state index in [1.54, 1.807) is 7.05 Å². The summed E-state index contributed by atoms with van der Waals surface area (Å²) in [4.78, 5) is 11.2. The normalized spacial score (nSPS) is 11.4. The van der Waals surface area contributed by atoms with Crippen molar-refractivity contribution < 1.29 is 18.0 Å². The number of rotatable bonds is 3. The Bertz CT molecular complexity index is 421. The van der Waals surface area contributed by atoms with Crippen LogP contribution in [0.2, 0.25) is 5.02 Å². The highest BCUT2D eigenvalue weighted by Gasteiger charge is 2.31. The van der Waals surface area contributed by atoms with Crippen molar-refractivity contribution in [1.82, 2.24) is 5.32 Å². The smallest absolute Gasteiger partial charge is 0.325 e. The number of hydrogen-bond acceptors (Lipinski definition) is 2. The van der Waals surface area contributed by atoms with E-state index < -0.39 is 17.6 Å². The molecular weight excluding hydrogens is 257 g/mol. The van der Waals surface area contributed by atoms with E-state index in [9.17, 15) is 18.0 Å². The van der Waals surface area contributed by atoms with Crippen molar-refractivity contribution in [3.05, 3.63) is 28.8 Å². The first-order chi connectivity index (χ1) is 7.82. The van der Waals surface area contributed by atoms with Crippen LogP contribution in [-0.4, -0.2) is 19.5 Å². The van der Waals surface area contributed by atoms with Crippen LogP contribution in [0.4, 0.5) is 18.9 Å². The molecule has 17 heavy (non-hydrogen) atoms. The van der Waals surface area contributed by atoms with E-state index in [1.807, 2.05) is 0 Å². The zero-order valence-electron chi connectivity index (χ0n) is 8.86. The van der Waals surface area contributed by atoms with Gasteiger partial charge in [-0.2, -0.15) is 13.2 Å². The third-order valence-electron chi connectivity index (χ3n) is 1.85. The van der Waals surface area contributed by atoms with Gasteiger partial charge in [-0.05, 0) is 25.2 Å². The molecule has 94 valence electrons. The lowest BCUT2D eigenvalue weighted by Gasteiger charge is -2.10. The SMILES string of the molecule is CNCC(=O)Nc1cc(Cl)cc(C(F)(F)F)c1. The molecule has 1 rings (SSSR count). The second-order valence-electron chi connectivity index (χ2n) is 3.30. The second kappa shape index (κ2) is 5.37. The monoisotopic (exact) mass is 266 g/mol. The van der Waals surface area contributed by atoms with Crippen molar-refractivity contribution in [2.75, 3.05) is 18.9 Å². The first-order valence-corrected chi connectivity index (χ1v) is 5.03. The Labute approximate surface area is 101 Å². The lowest BCUT2D eigenvalue weighted by molar-refractivity contribution is -0.137. The van der Waals surface area contributed by atoms with Crippen LogP contribution in [0.1, 0.15) is 5.56 Å². The van der Waals surface area contributed by atoms with Crippen molar-refractivity contribution >= 4 is 23.2 Å². The van der Waals surface area contributed by atoms with Crippen LogP contribution >= 0.6 is 11.6 Å². The number of carbonyl (C=O) groups is 1. The van der Waals surface area contributed by atoms with Crippen LogP contribution in [0.25, 0.3) is 0 Å². The number of nitrogens with one attached hydrogen (secondary N) is 2. The molecule has 0 saturated heterocycles. The molecule has 0 bridgehead atoms. The Kier molecular flexibility index (Phi) is 4.36. The number of alkyl halides is 3. The molecule has 0 radical (unpaired) electrons. The van der Waals surface area contributed by atoms with Gasteiger partial charge in [-0.1, -0.05) is 11.6 Å². The van der Waals surface area contributed by atoms with E-state index in [2.05, 4.69) is 10.6 Å². The summed E-state index contributed by atoms with van der Waals surface area (Å²) in [5.41, 5.74) is -0.880. The maximum Gasteiger partial charge on any atom is 0.416 e. The molecule has 1 aromatic rings. The number of hydrogen-bond donors (Lipinski definition) is 2. The van der Waals surface area contributed by atoms with Gasteiger partial charge >= 0.3 is 6.18 Å². The fourth-order valence-corrected chi connectivity index (χ4v) is 1.43. The summed E-state index contributed by atoms with van der Waals surface area (Å²) in [7, 11) is 1.55. The van der Waals surface area contributed by atoms with Gasteiger partial charge in [-0.25, -0.2) is 0 Å². The Morgan fingerprint density at radius 2 is 2.00 bits per heavy atom. The van der Waals surface area contributed by atoms with Crippen molar-refractivity contribution in [3.8, 4) is 0 Å². The van der Waals surface area contributed by atoms with Crippen LogP contribution in [0, 0.1) is 0 Å². The largest absolute Gasteiger partial charge is 0.416 e. The topological polar surface area (TPSA) is 41.1 Å². The first kappa shape index (κ1) is 13.8. The molecule has 7 heteroatoms. The number of carbonyl (C=O) groups excluding carboxylic acids is 1. The van der Waals surface area contributed by atoms with Crippen LogP contribution in [0.15, 0.2) is 18.2 Å². The minimum Gasteiger partial charge on any atom is -0.325 e. The third kappa shape index (κ3) is 4.24. The molecular formula is C10H10ClF3N2O. The molecule has 0 heterocycles. The van der Waals surface area contributed by atoms with Gasteiger partial charge < -0.3 is 10.6 Å². The maximum absolute atomic E-state index is 12.4. The molecule has 0 saturated carbocycles. The number of likely N-dealkylation sites (N-methyl/N-ethyl adjacent to an activating group) is 1. The van der Waals surface area contributed by atoms with E-state index in [-0.39, 0.29) is 17.3 Å². The minimum atomic E-state index is -4.49. The molecule has 0 unspecified atom stereocenters. The van der Waals surface area contributed by atoms with Crippen LogP contribution in [-0.2, 0) is 11.0 Å². The fourth-order valence-electron chi connectivity index (χ4n) is 1.19. The molecule has 3 nitrogen and oxygen atoms in total. The summed E-state index contributed by atoms with van der Waals surface area (Å²) in [6, 6.07) is 2.89. The average Bonchev–Trinajstić information content (AvgIpc) is 2.15. The maximum atomic E-state index is 12.4. The Morgan fingerprint density at radius 1 is 1.35 bits per heavy atom. The van der Waals surface area contributed by atoms with E-state index in [0.29, 0.717) is 0 Å². The highest BCUT2D eigenvalue weighted by atomic mass is 35.5. The average molecular weight is 267 g/mol. The van der Waals surface area contributed by atoms with E-state index in [4.69, 9.17) is 11.6 Å². The van der Waals surface area contributed by atoms with E-state index in [1.165, 1.54) is 6.07 Å². The van der Waals surface area contributed by atoms with Crippen molar-refractivity contribution in [1.29, 1.82) is 0 Å². The summed E-state index contributed by atoms with van der Waals surface area (Å²) in [6.07, 6.45) is -4.49. The Morgan fingerprint density at radius 3 is 2.53 bits per heavy atom. The van der Waals surface area contributed by atoms with Gasteiger partial charge in [-0.3, -0.25) is 4.79 Å². The summed E-state index contributed by atoms with van der Waals surface area (Å²) < 4.78 is 37.3. The van der Waals surface area contributed by atoms with Gasteiger partial charge in [0.05, 0.1) is 12.1 Å². The minimum absolute atomic E-state index is 0.00780. The zero-order valence-corrected chi connectivity index (χ0v) is 9.62. The van der Waals surface area contributed by atoms with Crippen LogP contribution in [0.3, 0.4) is 0 Å². The van der Waals surface area contributed by atoms with Gasteiger partial charge in [-0.15, -0.1) is 0 Å². The van der Waals surface area contributed by atoms with Gasteiger partial charge in [0.1, 0.15) is 0 Å². The lowest BCUT2D eigenvalue weighted by atomic mass is 10.2. The van der Waals surface area contributed by atoms with Crippen molar-refractivity contribution in [2.24, 2.45) is 0 Å². The molecule has 0 fully saturated rings. The number of anilines is 1. The molecule has 0 aliphatic heterocycles. The number of amides is 1. The summed E-state index contributed by atoms with van der Waals surface area (Å²) in [5.74, 6) is -0.442. The van der Waals surface area contributed by atoms with Gasteiger partial charge in [0, 0.05) is 10.7 Å². The van der Waals surface area contributed by atoms with E-state index in [0.717, 1.165) is 12.1 Å². The summed E-state index contributed by atoms with van der Waals surface area (Å²) in [6.45, 7) is 0.00780. The van der Waals surface area contributed by atoms with E-state index >= 15 is 0 Å². The lowest BCUT2D eigenvalue weighted by Crippen LogP contribution is -2.25. The number of halogens is 4. The quantitative estimate of drug-likeness (QED) is 0.883. The molecule has 0 aromatic heterocycles.